The van der Waals surface area contributed by atoms with Gasteiger partial charge in [0, 0.05) is 35.7 Å². The van der Waals surface area contributed by atoms with Crippen LogP contribution >= 0.6 is 0 Å². The number of carbonyl (C=O) groups excluding carboxylic acids is 2. The molecule has 5 heteroatoms. The van der Waals surface area contributed by atoms with Gasteiger partial charge in [-0.05, 0) is 50.1 Å². The molecular weight excluding hydrogens is 331 g/mol. The molecule has 2 atom stereocenters. The normalized spacial score (nSPS) is 23.9. The van der Waals surface area contributed by atoms with Gasteiger partial charge >= 0.3 is 0 Å². The number of nitrogens with zero attached hydrogens (tertiary/aromatic N) is 1. The van der Waals surface area contributed by atoms with Gasteiger partial charge in [-0.15, -0.1) is 0 Å². The standard InChI is InChI=1S/C21H21FN2O2/c1-14-5-7-15(8-6-14)20(26)24-10-9-21(13-24)12-18(21)19(25)23-17-4-2-3-16(22)11-17/h2-8,11,18H,9-10,12-13H2,1H3,(H,23,25)/t18-,21-/m0/s1. The molecule has 1 saturated heterocycles. The Bertz CT molecular complexity index is 865. The number of amides is 2. The predicted molar refractivity (Wildman–Crippen MR) is 97.3 cm³/mol. The van der Waals surface area contributed by atoms with Crippen molar-refractivity contribution in [2.24, 2.45) is 11.3 Å². The minimum absolute atomic E-state index is 0.0260. The van der Waals surface area contributed by atoms with Gasteiger partial charge in [-0.2, -0.15) is 0 Å². The smallest absolute Gasteiger partial charge is 0.253 e. The fraction of sp³-hybridized carbons (Fsp3) is 0.333. The summed E-state index contributed by atoms with van der Waals surface area (Å²) in [5, 5.41) is 2.80. The van der Waals surface area contributed by atoms with Gasteiger partial charge < -0.3 is 10.2 Å². The SMILES string of the molecule is Cc1ccc(C(=O)N2CC[C@]3(C[C@H]3C(=O)Nc3cccc(F)c3)C2)cc1. The molecule has 26 heavy (non-hydrogen) atoms. The molecule has 1 heterocycles. The summed E-state index contributed by atoms with van der Waals surface area (Å²) >= 11 is 0. The lowest BCUT2D eigenvalue weighted by atomic mass is 10.0. The monoisotopic (exact) mass is 352 g/mol. The number of hydrogen-bond donors (Lipinski definition) is 1. The lowest BCUT2D eigenvalue weighted by Gasteiger charge is -2.17. The Morgan fingerprint density at radius 2 is 1.96 bits per heavy atom. The van der Waals surface area contributed by atoms with Crippen LogP contribution in [0.5, 0.6) is 0 Å². The first-order chi connectivity index (χ1) is 12.5. The number of hydrogen-bond acceptors (Lipinski definition) is 2. The molecule has 1 spiro atoms. The number of likely N-dealkylation sites (tertiary alicyclic amines) is 1. The molecule has 2 aromatic carbocycles. The Balaban J connectivity index is 1.39. The molecule has 134 valence electrons. The quantitative estimate of drug-likeness (QED) is 0.917. The van der Waals surface area contributed by atoms with Gasteiger partial charge in [0.25, 0.3) is 5.91 Å². The van der Waals surface area contributed by atoms with Crippen LogP contribution < -0.4 is 5.32 Å². The van der Waals surface area contributed by atoms with E-state index in [1.165, 1.54) is 12.1 Å². The molecular formula is C21H21FN2O2. The molecule has 4 rings (SSSR count). The summed E-state index contributed by atoms with van der Waals surface area (Å²) in [6, 6.07) is 13.5. The molecule has 4 nitrogen and oxygen atoms in total. The van der Waals surface area contributed by atoms with Crippen LogP contribution in [-0.4, -0.2) is 29.8 Å². The molecule has 1 aliphatic carbocycles. The molecule has 0 radical (unpaired) electrons. The molecule has 1 N–H and O–H groups in total. The highest BCUT2D eigenvalue weighted by Crippen LogP contribution is 2.58. The maximum atomic E-state index is 13.3. The Kier molecular flexibility index (Phi) is 4.02. The van der Waals surface area contributed by atoms with Gasteiger partial charge in [0.15, 0.2) is 0 Å². The van der Waals surface area contributed by atoms with Gasteiger partial charge in [0.2, 0.25) is 5.91 Å². The number of nitrogens with one attached hydrogen (secondary N) is 1. The minimum Gasteiger partial charge on any atom is -0.338 e. The second-order valence-corrected chi connectivity index (χ2v) is 7.46. The van der Waals surface area contributed by atoms with Gasteiger partial charge in [-0.25, -0.2) is 4.39 Å². The average Bonchev–Trinajstić information content (AvgIpc) is 3.15. The van der Waals surface area contributed by atoms with E-state index in [1.54, 1.807) is 12.1 Å². The fourth-order valence-electron chi connectivity index (χ4n) is 3.91. The zero-order valence-corrected chi connectivity index (χ0v) is 14.7. The van der Waals surface area contributed by atoms with Gasteiger partial charge in [0.1, 0.15) is 5.82 Å². The highest BCUT2D eigenvalue weighted by molar-refractivity contribution is 5.96. The molecule has 2 aromatic rings. The zero-order valence-electron chi connectivity index (χ0n) is 14.7. The first kappa shape index (κ1) is 16.8. The van der Waals surface area contributed by atoms with Crippen LogP contribution in [0.2, 0.25) is 0 Å². The highest BCUT2D eigenvalue weighted by Gasteiger charge is 2.61. The lowest BCUT2D eigenvalue weighted by Crippen LogP contribution is -2.30. The van der Waals surface area contributed by atoms with Crippen molar-refractivity contribution in [2.45, 2.75) is 19.8 Å². The summed E-state index contributed by atoms with van der Waals surface area (Å²) in [6.45, 7) is 3.28. The van der Waals surface area contributed by atoms with Crippen molar-refractivity contribution in [2.75, 3.05) is 18.4 Å². The number of halogens is 1. The van der Waals surface area contributed by atoms with Crippen molar-refractivity contribution in [3.63, 3.8) is 0 Å². The van der Waals surface area contributed by atoms with Crippen LogP contribution in [0.15, 0.2) is 48.5 Å². The van der Waals surface area contributed by atoms with Gasteiger partial charge in [0.05, 0.1) is 0 Å². The van der Waals surface area contributed by atoms with E-state index in [0.29, 0.717) is 24.3 Å². The number of benzene rings is 2. The van der Waals surface area contributed by atoms with Gasteiger partial charge in [-0.1, -0.05) is 23.8 Å². The van der Waals surface area contributed by atoms with Crippen molar-refractivity contribution in [1.82, 2.24) is 4.90 Å². The minimum atomic E-state index is -0.371. The highest BCUT2D eigenvalue weighted by atomic mass is 19.1. The molecule has 2 fully saturated rings. The van der Waals surface area contributed by atoms with Crippen LogP contribution in [0.4, 0.5) is 10.1 Å². The fourth-order valence-corrected chi connectivity index (χ4v) is 3.91. The summed E-state index contributed by atoms with van der Waals surface area (Å²) in [5.74, 6) is -0.538. The Hall–Kier alpha value is -2.69. The average molecular weight is 352 g/mol. The van der Waals surface area contributed by atoms with E-state index in [9.17, 15) is 14.0 Å². The van der Waals surface area contributed by atoms with E-state index in [0.717, 1.165) is 18.4 Å². The Morgan fingerprint density at radius 1 is 1.19 bits per heavy atom. The number of aryl methyl sites for hydroxylation is 1. The van der Waals surface area contributed by atoms with E-state index in [-0.39, 0.29) is 29.0 Å². The third-order valence-corrected chi connectivity index (χ3v) is 5.57. The van der Waals surface area contributed by atoms with Crippen molar-refractivity contribution in [1.29, 1.82) is 0 Å². The molecule has 1 aliphatic heterocycles. The van der Waals surface area contributed by atoms with Crippen LogP contribution in [-0.2, 0) is 4.79 Å². The van der Waals surface area contributed by atoms with Crippen LogP contribution in [0.25, 0.3) is 0 Å². The second-order valence-electron chi connectivity index (χ2n) is 7.46. The maximum Gasteiger partial charge on any atom is 0.253 e. The third-order valence-electron chi connectivity index (χ3n) is 5.57. The topological polar surface area (TPSA) is 49.4 Å². The summed E-state index contributed by atoms with van der Waals surface area (Å²) < 4.78 is 13.3. The Labute approximate surface area is 152 Å². The number of rotatable bonds is 3. The lowest BCUT2D eigenvalue weighted by molar-refractivity contribution is -0.118. The molecule has 2 amide bonds. The number of carbonyl (C=O) groups is 2. The summed E-state index contributed by atoms with van der Waals surface area (Å²) in [6.07, 6.45) is 1.62. The van der Waals surface area contributed by atoms with E-state index in [4.69, 9.17) is 0 Å². The third kappa shape index (κ3) is 3.09. The summed E-state index contributed by atoms with van der Waals surface area (Å²) in [5.41, 5.74) is 2.17. The van der Waals surface area contributed by atoms with Crippen molar-refractivity contribution in [3.05, 3.63) is 65.5 Å². The van der Waals surface area contributed by atoms with Crippen molar-refractivity contribution >= 4 is 17.5 Å². The first-order valence-corrected chi connectivity index (χ1v) is 8.89. The molecule has 2 aliphatic rings. The molecule has 0 aromatic heterocycles. The van der Waals surface area contributed by atoms with Crippen molar-refractivity contribution < 1.29 is 14.0 Å². The Morgan fingerprint density at radius 3 is 2.69 bits per heavy atom. The molecule has 1 saturated carbocycles. The van der Waals surface area contributed by atoms with Crippen molar-refractivity contribution in [3.8, 4) is 0 Å². The first-order valence-electron chi connectivity index (χ1n) is 8.89. The predicted octanol–water partition coefficient (Wildman–Crippen LogP) is 3.63. The zero-order chi connectivity index (χ0) is 18.3. The molecule has 0 bridgehead atoms. The van der Waals surface area contributed by atoms with E-state index in [2.05, 4.69) is 5.32 Å². The van der Waals surface area contributed by atoms with E-state index in [1.807, 2.05) is 36.1 Å². The van der Waals surface area contributed by atoms with Crippen LogP contribution in [0, 0.1) is 24.1 Å². The summed E-state index contributed by atoms with van der Waals surface area (Å²) in [4.78, 5) is 27.0. The number of anilines is 1. The van der Waals surface area contributed by atoms with Gasteiger partial charge in [-0.3, -0.25) is 9.59 Å². The second kappa shape index (κ2) is 6.24. The van der Waals surface area contributed by atoms with E-state index < -0.39 is 0 Å². The maximum absolute atomic E-state index is 13.3. The van der Waals surface area contributed by atoms with E-state index >= 15 is 0 Å². The summed E-state index contributed by atoms with van der Waals surface area (Å²) in [7, 11) is 0. The molecule has 0 unspecified atom stereocenters. The van der Waals surface area contributed by atoms with Crippen LogP contribution in [0.3, 0.4) is 0 Å². The van der Waals surface area contributed by atoms with Crippen LogP contribution in [0.1, 0.15) is 28.8 Å². The largest absolute Gasteiger partial charge is 0.338 e.